The van der Waals surface area contributed by atoms with Crippen LogP contribution < -0.4 is 5.32 Å². The van der Waals surface area contributed by atoms with E-state index in [0.717, 1.165) is 25.7 Å². The van der Waals surface area contributed by atoms with Crippen LogP contribution in [-0.2, 0) is 9.59 Å². The summed E-state index contributed by atoms with van der Waals surface area (Å²) in [7, 11) is 0. The zero-order chi connectivity index (χ0) is 20.8. The van der Waals surface area contributed by atoms with Crippen molar-refractivity contribution in [2.45, 2.75) is 76.9 Å². The summed E-state index contributed by atoms with van der Waals surface area (Å²) in [5.41, 5.74) is 0. The Morgan fingerprint density at radius 3 is 2.79 bits per heavy atom. The van der Waals surface area contributed by atoms with Crippen molar-refractivity contribution < 1.29 is 24.9 Å². The highest BCUT2D eigenvalue weighted by Gasteiger charge is 2.39. The first-order valence-electron chi connectivity index (χ1n) is 10.6. The molecule has 1 fully saturated rings. The van der Waals surface area contributed by atoms with Crippen LogP contribution in [0.3, 0.4) is 0 Å². The molecule has 1 amide bonds. The third kappa shape index (κ3) is 9.62. The highest BCUT2D eigenvalue weighted by atomic mass is 16.3. The van der Waals surface area contributed by atoms with Gasteiger partial charge in [-0.05, 0) is 25.7 Å². The number of amides is 1. The van der Waals surface area contributed by atoms with Crippen LogP contribution in [0.5, 0.6) is 0 Å². The second kappa shape index (κ2) is 14.5. The fraction of sp³-hybridized carbons (Fsp3) is 0.727. The number of aliphatic hydroxyl groups excluding tert-OH is 3. The third-order valence-electron chi connectivity index (χ3n) is 5.16. The van der Waals surface area contributed by atoms with Gasteiger partial charge in [0.05, 0.1) is 18.8 Å². The molecule has 6 heteroatoms. The van der Waals surface area contributed by atoms with Crippen molar-refractivity contribution in [3.05, 3.63) is 24.3 Å². The Hall–Kier alpha value is -1.50. The highest BCUT2D eigenvalue weighted by Crippen LogP contribution is 2.33. The Labute approximate surface area is 168 Å². The van der Waals surface area contributed by atoms with Crippen LogP contribution in [0, 0.1) is 11.8 Å². The smallest absolute Gasteiger partial charge is 0.220 e. The zero-order valence-corrected chi connectivity index (χ0v) is 17.1. The molecule has 1 rings (SSSR count). The summed E-state index contributed by atoms with van der Waals surface area (Å²) in [4.78, 5) is 23.6. The average Bonchev–Trinajstić information content (AvgIpc) is 2.94. The molecule has 0 saturated heterocycles. The van der Waals surface area contributed by atoms with Crippen molar-refractivity contribution >= 4 is 11.7 Å². The first-order valence-corrected chi connectivity index (χ1v) is 10.6. The minimum Gasteiger partial charge on any atom is -0.395 e. The predicted octanol–water partition coefficient (Wildman–Crippen LogP) is 2.28. The van der Waals surface area contributed by atoms with Gasteiger partial charge in [0.1, 0.15) is 5.78 Å². The van der Waals surface area contributed by atoms with E-state index >= 15 is 0 Å². The summed E-state index contributed by atoms with van der Waals surface area (Å²) in [6.07, 6.45) is 12.7. The molecule has 0 aromatic carbocycles. The molecule has 1 aliphatic carbocycles. The number of carbonyl (C=O) groups excluding carboxylic acids is 2. The van der Waals surface area contributed by atoms with Gasteiger partial charge in [-0.3, -0.25) is 9.59 Å². The topological polar surface area (TPSA) is 107 Å². The van der Waals surface area contributed by atoms with Crippen molar-refractivity contribution in [3.8, 4) is 0 Å². The van der Waals surface area contributed by atoms with Crippen LogP contribution in [0.4, 0.5) is 0 Å². The zero-order valence-electron chi connectivity index (χ0n) is 17.1. The maximum absolute atomic E-state index is 12.2. The van der Waals surface area contributed by atoms with Gasteiger partial charge < -0.3 is 20.6 Å². The van der Waals surface area contributed by atoms with E-state index in [9.17, 15) is 19.8 Å². The lowest BCUT2D eigenvalue weighted by molar-refractivity contribution is -0.122. The molecule has 1 saturated carbocycles. The summed E-state index contributed by atoms with van der Waals surface area (Å²) in [5, 5.41) is 31.5. The molecule has 0 spiro atoms. The van der Waals surface area contributed by atoms with Gasteiger partial charge in [-0.2, -0.15) is 0 Å². The largest absolute Gasteiger partial charge is 0.395 e. The summed E-state index contributed by atoms with van der Waals surface area (Å²) in [6, 6.07) is 0. The van der Waals surface area contributed by atoms with Crippen molar-refractivity contribution in [3.63, 3.8) is 0 Å². The van der Waals surface area contributed by atoms with E-state index in [1.165, 1.54) is 0 Å². The van der Waals surface area contributed by atoms with E-state index in [1.807, 2.05) is 18.2 Å². The summed E-state index contributed by atoms with van der Waals surface area (Å²) in [5.74, 6) is -0.504. The number of aliphatic hydroxyl groups is 3. The van der Waals surface area contributed by atoms with Crippen molar-refractivity contribution in [1.29, 1.82) is 0 Å². The number of rotatable bonds is 14. The Bertz CT molecular complexity index is 517. The van der Waals surface area contributed by atoms with Crippen molar-refractivity contribution in [2.75, 3.05) is 13.2 Å². The minimum absolute atomic E-state index is 0.0573. The standard InChI is InChI=1S/C22H37NO5/c1-2-3-6-9-17(25)12-13-19-18(20(26)16-21(19)27)10-7-4-5-8-11-22(28)23-14-15-24/h4,7,12-13,17-19,21,24-25,27H,2-3,5-6,8-11,14-16H2,1H3,(H,23,28)/t17?,18?,19-,21?/m1/s1. The Balaban J connectivity index is 2.40. The second-order valence-corrected chi connectivity index (χ2v) is 7.54. The molecule has 0 aromatic rings. The Morgan fingerprint density at radius 1 is 1.29 bits per heavy atom. The van der Waals surface area contributed by atoms with Gasteiger partial charge in [0.15, 0.2) is 0 Å². The Kier molecular flexibility index (Phi) is 12.7. The average molecular weight is 396 g/mol. The summed E-state index contributed by atoms with van der Waals surface area (Å²) >= 11 is 0. The van der Waals surface area contributed by atoms with E-state index in [0.29, 0.717) is 25.7 Å². The number of allylic oxidation sites excluding steroid dienone is 2. The number of carbonyl (C=O) groups is 2. The van der Waals surface area contributed by atoms with Crippen molar-refractivity contribution in [2.24, 2.45) is 11.8 Å². The van der Waals surface area contributed by atoms with Gasteiger partial charge >= 0.3 is 0 Å². The predicted molar refractivity (Wildman–Crippen MR) is 110 cm³/mol. The molecular formula is C22H37NO5. The van der Waals surface area contributed by atoms with Gasteiger partial charge in [0.25, 0.3) is 0 Å². The number of hydrogen-bond donors (Lipinski definition) is 4. The van der Waals surface area contributed by atoms with Gasteiger partial charge in [-0.15, -0.1) is 0 Å². The normalized spacial score (nSPS) is 23.7. The molecule has 0 aromatic heterocycles. The third-order valence-corrected chi connectivity index (χ3v) is 5.16. The molecule has 4 atom stereocenters. The number of Topliss-reactive ketones (excluding diaryl/α,β-unsaturated/α-hetero) is 1. The minimum atomic E-state index is -0.680. The van der Waals surface area contributed by atoms with Gasteiger partial charge in [0.2, 0.25) is 5.91 Å². The maximum atomic E-state index is 12.2. The fourth-order valence-electron chi connectivity index (χ4n) is 3.51. The van der Waals surface area contributed by atoms with Gasteiger partial charge in [-0.1, -0.05) is 50.5 Å². The van der Waals surface area contributed by atoms with E-state index in [-0.39, 0.29) is 43.1 Å². The van der Waals surface area contributed by atoms with Gasteiger partial charge in [-0.25, -0.2) is 0 Å². The number of nitrogens with one attached hydrogen (secondary N) is 1. The molecule has 1 aliphatic rings. The monoisotopic (exact) mass is 395 g/mol. The lowest BCUT2D eigenvalue weighted by Gasteiger charge is -2.16. The second-order valence-electron chi connectivity index (χ2n) is 7.54. The number of hydrogen-bond acceptors (Lipinski definition) is 5. The van der Waals surface area contributed by atoms with Crippen LogP contribution >= 0.6 is 0 Å². The lowest BCUT2D eigenvalue weighted by atomic mass is 9.90. The number of unbranched alkanes of at least 4 members (excludes halogenated alkanes) is 3. The van der Waals surface area contributed by atoms with E-state index < -0.39 is 12.2 Å². The highest BCUT2D eigenvalue weighted by molar-refractivity contribution is 5.84. The first-order chi connectivity index (χ1) is 13.5. The molecule has 3 unspecified atom stereocenters. The molecule has 160 valence electrons. The SMILES string of the molecule is CCCCCC(O)C=C[C@H]1C(O)CC(=O)C1CC=CCCCC(=O)NCCO. The van der Waals surface area contributed by atoms with Crippen molar-refractivity contribution in [1.82, 2.24) is 5.32 Å². The van der Waals surface area contributed by atoms with Gasteiger partial charge in [0, 0.05) is 31.2 Å². The van der Waals surface area contributed by atoms with E-state index in [1.54, 1.807) is 6.08 Å². The molecule has 0 bridgehead atoms. The molecule has 6 nitrogen and oxygen atoms in total. The number of ketones is 1. The molecule has 4 N–H and O–H groups in total. The fourth-order valence-corrected chi connectivity index (χ4v) is 3.51. The van der Waals surface area contributed by atoms with E-state index in [4.69, 9.17) is 5.11 Å². The summed E-state index contributed by atoms with van der Waals surface area (Å²) in [6.45, 7) is 2.34. The molecule has 0 heterocycles. The lowest BCUT2D eigenvalue weighted by Crippen LogP contribution is -2.25. The Morgan fingerprint density at radius 2 is 2.07 bits per heavy atom. The van der Waals surface area contributed by atoms with E-state index in [2.05, 4.69) is 12.2 Å². The molecule has 28 heavy (non-hydrogen) atoms. The first kappa shape index (κ1) is 24.5. The maximum Gasteiger partial charge on any atom is 0.220 e. The molecule has 0 aliphatic heterocycles. The van der Waals surface area contributed by atoms with Crippen LogP contribution in [0.15, 0.2) is 24.3 Å². The molecule has 0 radical (unpaired) electrons. The van der Waals surface area contributed by atoms with Crippen LogP contribution in [0.1, 0.15) is 64.7 Å². The van der Waals surface area contributed by atoms with Crippen LogP contribution in [0.2, 0.25) is 0 Å². The molecular weight excluding hydrogens is 358 g/mol. The van der Waals surface area contributed by atoms with Crippen LogP contribution in [0.25, 0.3) is 0 Å². The summed E-state index contributed by atoms with van der Waals surface area (Å²) < 4.78 is 0. The van der Waals surface area contributed by atoms with Crippen LogP contribution in [-0.4, -0.2) is 52.4 Å². The quantitative estimate of drug-likeness (QED) is 0.267.